The predicted octanol–water partition coefficient (Wildman–Crippen LogP) is 4.13. The van der Waals surface area contributed by atoms with Crippen LogP contribution in [-0.2, 0) is 0 Å². The summed E-state index contributed by atoms with van der Waals surface area (Å²) in [6.07, 6.45) is 7.93. The fourth-order valence-corrected chi connectivity index (χ4v) is 2.17. The Bertz CT molecular complexity index is 746. The summed E-state index contributed by atoms with van der Waals surface area (Å²) in [6, 6.07) is 19.0. The first kappa shape index (κ1) is 18.2. The molecule has 2 aromatic rings. The van der Waals surface area contributed by atoms with Gasteiger partial charge in [-0.15, -0.1) is 0 Å². The molecule has 0 heterocycles. The summed E-state index contributed by atoms with van der Waals surface area (Å²) in [7, 11) is 0. The number of amidine groups is 1. The number of nitrogens with zero attached hydrogens (tertiary/aromatic N) is 1. The quantitative estimate of drug-likeness (QED) is 0.405. The van der Waals surface area contributed by atoms with Crippen LogP contribution in [0.4, 0.5) is 11.4 Å². The van der Waals surface area contributed by atoms with Crippen LogP contribution in [0.3, 0.4) is 0 Å². The summed E-state index contributed by atoms with van der Waals surface area (Å²) in [6.45, 7) is 3.64. The van der Waals surface area contributed by atoms with Crippen molar-refractivity contribution in [1.82, 2.24) is 0 Å². The number of nitrogens with two attached hydrogens (primary N) is 2. The van der Waals surface area contributed by atoms with Gasteiger partial charge in [0.15, 0.2) is 0 Å². The lowest BCUT2D eigenvalue weighted by Crippen LogP contribution is -2.34. The summed E-state index contributed by atoms with van der Waals surface area (Å²) in [5, 5.41) is 3.29. The van der Waals surface area contributed by atoms with Gasteiger partial charge in [0.25, 0.3) is 0 Å². The zero-order valence-corrected chi connectivity index (χ0v) is 14.2. The van der Waals surface area contributed by atoms with Crippen molar-refractivity contribution in [1.29, 1.82) is 0 Å². The number of anilines is 1. The highest BCUT2D eigenvalue weighted by Gasteiger charge is 2.10. The number of benzene rings is 2. The van der Waals surface area contributed by atoms with Gasteiger partial charge in [-0.05, 0) is 30.3 Å². The van der Waals surface area contributed by atoms with E-state index in [4.69, 9.17) is 11.5 Å². The first-order chi connectivity index (χ1) is 12.2. The summed E-state index contributed by atoms with van der Waals surface area (Å²) in [5.74, 6) is 0.632. The highest BCUT2D eigenvalue weighted by molar-refractivity contribution is 6.01. The maximum Gasteiger partial charge on any atom is 0.128 e. The molecule has 25 heavy (non-hydrogen) atoms. The van der Waals surface area contributed by atoms with Gasteiger partial charge in [-0.2, -0.15) is 0 Å². The molecule has 4 nitrogen and oxygen atoms in total. The van der Waals surface area contributed by atoms with E-state index in [9.17, 15) is 0 Å². The van der Waals surface area contributed by atoms with Crippen LogP contribution in [-0.4, -0.2) is 11.9 Å². The molecule has 0 aliphatic rings. The third kappa shape index (κ3) is 6.49. The van der Waals surface area contributed by atoms with Crippen LogP contribution in [0.15, 0.2) is 102 Å². The van der Waals surface area contributed by atoms with Crippen molar-refractivity contribution < 1.29 is 0 Å². The van der Waals surface area contributed by atoms with Crippen LogP contribution in [0.5, 0.6) is 0 Å². The van der Waals surface area contributed by atoms with Crippen LogP contribution >= 0.6 is 0 Å². The van der Waals surface area contributed by atoms with E-state index in [1.165, 1.54) is 0 Å². The van der Waals surface area contributed by atoms with Gasteiger partial charge in [0, 0.05) is 17.8 Å². The summed E-state index contributed by atoms with van der Waals surface area (Å²) >= 11 is 0. The maximum absolute atomic E-state index is 6.32. The van der Waals surface area contributed by atoms with Gasteiger partial charge < -0.3 is 16.8 Å². The molecule has 2 aromatic carbocycles. The van der Waals surface area contributed by atoms with Crippen molar-refractivity contribution in [2.24, 2.45) is 16.5 Å². The lowest BCUT2D eigenvalue weighted by molar-refractivity contribution is 1.02. The first-order valence-corrected chi connectivity index (χ1v) is 8.14. The molecule has 0 saturated carbocycles. The van der Waals surface area contributed by atoms with Crippen molar-refractivity contribution >= 4 is 17.2 Å². The highest BCUT2D eigenvalue weighted by Crippen LogP contribution is 2.14. The zero-order valence-electron chi connectivity index (χ0n) is 14.2. The van der Waals surface area contributed by atoms with E-state index in [1.807, 2.05) is 78.9 Å². The largest absolute Gasteiger partial charge is 0.402 e. The second kappa shape index (κ2) is 9.90. The average molecular weight is 332 g/mol. The van der Waals surface area contributed by atoms with Crippen LogP contribution in [0.2, 0.25) is 0 Å². The zero-order chi connectivity index (χ0) is 17.9. The lowest BCUT2D eigenvalue weighted by atomic mass is 10.1. The van der Waals surface area contributed by atoms with Crippen molar-refractivity contribution in [3.05, 3.63) is 97.2 Å². The molecule has 0 amide bonds. The molecule has 4 heteroatoms. The van der Waals surface area contributed by atoms with Gasteiger partial charge in [-0.3, -0.25) is 0 Å². The highest BCUT2D eigenvalue weighted by atomic mass is 15.0. The van der Waals surface area contributed by atoms with Gasteiger partial charge in [0.1, 0.15) is 5.84 Å². The number of hydrogen-bond donors (Lipinski definition) is 3. The number of nitrogens with one attached hydrogen (secondary N) is 1. The third-order valence-electron chi connectivity index (χ3n) is 3.39. The first-order valence-electron chi connectivity index (χ1n) is 8.14. The molecule has 128 valence electrons. The second-order valence-corrected chi connectivity index (χ2v) is 5.46. The van der Waals surface area contributed by atoms with Crippen molar-refractivity contribution in [2.75, 3.05) is 5.32 Å². The number of rotatable bonds is 7. The minimum atomic E-state index is -0.447. The van der Waals surface area contributed by atoms with Gasteiger partial charge in [0.2, 0.25) is 0 Å². The molecule has 5 N–H and O–H groups in total. The molecular weight excluding hydrogens is 308 g/mol. The van der Waals surface area contributed by atoms with E-state index in [2.05, 4.69) is 16.9 Å². The van der Waals surface area contributed by atoms with E-state index in [-0.39, 0.29) is 0 Å². The van der Waals surface area contributed by atoms with Crippen LogP contribution in [0, 0.1) is 0 Å². The Hall–Kier alpha value is -3.11. The van der Waals surface area contributed by atoms with Gasteiger partial charge in [-0.1, -0.05) is 61.2 Å². The van der Waals surface area contributed by atoms with Gasteiger partial charge >= 0.3 is 0 Å². The molecule has 0 bridgehead atoms. The topological polar surface area (TPSA) is 76.4 Å². The number of hydrogen-bond acceptors (Lipinski definition) is 3. The summed E-state index contributed by atoms with van der Waals surface area (Å²) in [4.78, 5) is 4.65. The monoisotopic (exact) mass is 332 g/mol. The molecule has 0 radical (unpaired) electrons. The van der Waals surface area contributed by atoms with E-state index in [1.54, 1.807) is 6.08 Å². The fraction of sp³-hybridized carbons (Fsp3) is 0.0952. The fourth-order valence-electron chi connectivity index (χ4n) is 2.17. The van der Waals surface area contributed by atoms with E-state index < -0.39 is 6.04 Å². The normalized spacial score (nSPS) is 13.6. The minimum Gasteiger partial charge on any atom is -0.402 e. The predicted molar refractivity (Wildman–Crippen MR) is 108 cm³/mol. The standard InChI is InChI=1S/C21H24N4/c1-2-3-6-11-17(22)16-20(23)21(24-18-12-7-4-8-13-18)25-19-14-9-5-10-15-19/h2-10,12-16,20H,1,11,22-23H2,(H,24,25)/b6-3-,17-16-. The van der Waals surface area contributed by atoms with Gasteiger partial charge in [-0.25, -0.2) is 4.99 Å². The van der Waals surface area contributed by atoms with Crippen LogP contribution in [0.25, 0.3) is 0 Å². The molecule has 0 spiro atoms. The lowest BCUT2D eigenvalue weighted by Gasteiger charge is -2.15. The average Bonchev–Trinajstić information content (AvgIpc) is 2.63. The Balaban J connectivity index is 2.24. The SMILES string of the molecule is C=C/C=C\C/C(N)=C/C(N)C(=Nc1ccccc1)Nc1ccccc1. The minimum absolute atomic E-state index is 0.447. The van der Waals surface area contributed by atoms with Gasteiger partial charge in [0.05, 0.1) is 11.7 Å². The molecule has 2 rings (SSSR count). The van der Waals surface area contributed by atoms with E-state index in [0.29, 0.717) is 18.0 Å². The van der Waals surface area contributed by atoms with E-state index >= 15 is 0 Å². The Kier molecular flexibility index (Phi) is 7.22. The molecule has 0 aliphatic heterocycles. The number of allylic oxidation sites excluding steroid dienone is 3. The Morgan fingerprint density at radius 3 is 2.36 bits per heavy atom. The number of para-hydroxylation sites is 2. The molecule has 0 saturated heterocycles. The second-order valence-electron chi connectivity index (χ2n) is 5.46. The molecule has 1 atom stereocenters. The molecule has 0 aromatic heterocycles. The molecule has 0 aliphatic carbocycles. The third-order valence-corrected chi connectivity index (χ3v) is 3.39. The van der Waals surface area contributed by atoms with Crippen LogP contribution < -0.4 is 16.8 Å². The van der Waals surface area contributed by atoms with Crippen molar-refractivity contribution in [2.45, 2.75) is 12.5 Å². The van der Waals surface area contributed by atoms with Crippen LogP contribution in [0.1, 0.15) is 6.42 Å². The smallest absolute Gasteiger partial charge is 0.128 e. The Morgan fingerprint density at radius 2 is 1.72 bits per heavy atom. The number of aliphatic imine (C=N–C) groups is 1. The maximum atomic E-state index is 6.32. The molecule has 0 fully saturated rings. The Labute approximate surface area is 149 Å². The molecular formula is C21H24N4. The van der Waals surface area contributed by atoms with E-state index in [0.717, 1.165) is 11.4 Å². The molecule has 1 unspecified atom stereocenters. The summed E-state index contributed by atoms with van der Waals surface area (Å²) in [5.41, 5.74) is 14.8. The van der Waals surface area contributed by atoms with Crippen molar-refractivity contribution in [3.8, 4) is 0 Å². The Morgan fingerprint density at radius 1 is 1.08 bits per heavy atom. The van der Waals surface area contributed by atoms with Crippen molar-refractivity contribution in [3.63, 3.8) is 0 Å². The summed E-state index contributed by atoms with van der Waals surface area (Å²) < 4.78 is 0.